The normalized spacial score (nSPS) is 10.3. The summed E-state index contributed by atoms with van der Waals surface area (Å²) in [5.74, 6) is 0.771. The van der Waals surface area contributed by atoms with Crippen LogP contribution in [-0.4, -0.2) is 4.92 Å². The monoisotopic (exact) mass is 310 g/mol. The van der Waals surface area contributed by atoms with Crippen LogP contribution in [-0.2, 0) is 6.54 Å². The van der Waals surface area contributed by atoms with Crippen molar-refractivity contribution in [3.05, 3.63) is 56.4 Å². The highest BCUT2D eigenvalue weighted by Crippen LogP contribution is 2.28. The highest BCUT2D eigenvalue weighted by molar-refractivity contribution is 9.10. The number of benzene rings is 1. The zero-order valence-corrected chi connectivity index (χ0v) is 11.2. The molecular weight excluding hydrogens is 300 g/mol. The maximum atomic E-state index is 10.9. The van der Waals surface area contributed by atoms with Gasteiger partial charge in [0.2, 0.25) is 0 Å². The largest absolute Gasteiger partial charge is 0.467 e. The molecule has 5 nitrogen and oxygen atoms in total. The van der Waals surface area contributed by atoms with Crippen LogP contribution in [0.3, 0.4) is 0 Å². The Balaban J connectivity index is 2.19. The van der Waals surface area contributed by atoms with Crippen LogP contribution in [0.2, 0.25) is 0 Å². The van der Waals surface area contributed by atoms with Crippen molar-refractivity contribution in [3.8, 4) is 0 Å². The second-order valence-electron chi connectivity index (χ2n) is 3.80. The van der Waals surface area contributed by atoms with Gasteiger partial charge in [0.15, 0.2) is 0 Å². The fourth-order valence-corrected chi connectivity index (χ4v) is 1.92. The fraction of sp³-hybridized carbons (Fsp3) is 0.167. The number of aryl methyl sites for hydroxylation is 1. The molecule has 2 aromatic rings. The SMILES string of the molecule is Cc1ccoc1CNc1ccc(Br)cc1[N+](=O)[O-]. The van der Waals surface area contributed by atoms with E-state index >= 15 is 0 Å². The van der Waals surface area contributed by atoms with Gasteiger partial charge in [0.25, 0.3) is 5.69 Å². The van der Waals surface area contributed by atoms with Crippen LogP contribution < -0.4 is 5.32 Å². The second kappa shape index (κ2) is 5.22. The van der Waals surface area contributed by atoms with Crippen LogP contribution in [0, 0.1) is 17.0 Å². The summed E-state index contributed by atoms with van der Waals surface area (Å²) >= 11 is 3.22. The van der Waals surface area contributed by atoms with E-state index in [-0.39, 0.29) is 5.69 Å². The minimum absolute atomic E-state index is 0.0357. The lowest BCUT2D eigenvalue weighted by molar-refractivity contribution is -0.384. The molecule has 2 rings (SSSR count). The number of nitro benzene ring substituents is 1. The molecule has 1 heterocycles. The molecule has 0 bridgehead atoms. The summed E-state index contributed by atoms with van der Waals surface area (Å²) in [6.45, 7) is 2.35. The zero-order chi connectivity index (χ0) is 13.1. The lowest BCUT2D eigenvalue weighted by Gasteiger charge is -2.06. The number of hydrogen-bond acceptors (Lipinski definition) is 4. The third-order valence-electron chi connectivity index (χ3n) is 2.56. The van der Waals surface area contributed by atoms with Crippen LogP contribution in [0.5, 0.6) is 0 Å². The van der Waals surface area contributed by atoms with Gasteiger partial charge < -0.3 is 9.73 Å². The van der Waals surface area contributed by atoms with Gasteiger partial charge in [-0.1, -0.05) is 15.9 Å². The Kier molecular flexibility index (Phi) is 3.66. The molecule has 18 heavy (non-hydrogen) atoms. The average Bonchev–Trinajstić information content (AvgIpc) is 2.73. The lowest BCUT2D eigenvalue weighted by atomic mass is 10.2. The lowest BCUT2D eigenvalue weighted by Crippen LogP contribution is -2.02. The molecule has 94 valence electrons. The Hall–Kier alpha value is -1.82. The van der Waals surface area contributed by atoms with Gasteiger partial charge in [-0.2, -0.15) is 0 Å². The molecule has 0 aliphatic carbocycles. The first-order valence-electron chi connectivity index (χ1n) is 5.28. The summed E-state index contributed by atoms with van der Waals surface area (Å²) in [5, 5.41) is 13.9. The van der Waals surface area contributed by atoms with Gasteiger partial charge in [-0.15, -0.1) is 0 Å². The number of nitrogens with zero attached hydrogens (tertiary/aromatic N) is 1. The van der Waals surface area contributed by atoms with Crippen LogP contribution in [0.15, 0.2) is 39.4 Å². The van der Waals surface area contributed by atoms with Crippen molar-refractivity contribution in [1.82, 2.24) is 0 Å². The number of nitrogens with one attached hydrogen (secondary N) is 1. The van der Waals surface area contributed by atoms with Gasteiger partial charge in [0, 0.05) is 10.5 Å². The maximum Gasteiger partial charge on any atom is 0.293 e. The molecule has 1 aromatic heterocycles. The van der Waals surface area contributed by atoms with E-state index in [1.165, 1.54) is 6.07 Å². The molecular formula is C12H11BrN2O3. The van der Waals surface area contributed by atoms with Crippen molar-refractivity contribution in [2.45, 2.75) is 13.5 Å². The van der Waals surface area contributed by atoms with E-state index in [0.29, 0.717) is 16.7 Å². The third kappa shape index (κ3) is 2.70. The number of hydrogen-bond donors (Lipinski definition) is 1. The molecule has 0 saturated carbocycles. The summed E-state index contributed by atoms with van der Waals surface area (Å²) < 4.78 is 5.94. The van der Waals surface area contributed by atoms with E-state index in [2.05, 4.69) is 21.2 Å². The Morgan fingerprint density at radius 2 is 2.22 bits per heavy atom. The molecule has 6 heteroatoms. The molecule has 0 aliphatic rings. The van der Waals surface area contributed by atoms with Gasteiger partial charge >= 0.3 is 0 Å². The molecule has 0 fully saturated rings. The Morgan fingerprint density at radius 1 is 1.44 bits per heavy atom. The summed E-state index contributed by atoms with van der Waals surface area (Å²) in [7, 11) is 0. The summed E-state index contributed by atoms with van der Waals surface area (Å²) in [5.41, 5.74) is 1.52. The summed E-state index contributed by atoms with van der Waals surface area (Å²) in [6, 6.07) is 6.75. The smallest absolute Gasteiger partial charge is 0.293 e. The first-order chi connectivity index (χ1) is 8.58. The highest BCUT2D eigenvalue weighted by atomic mass is 79.9. The van der Waals surface area contributed by atoms with E-state index in [4.69, 9.17) is 4.42 Å². The molecule has 0 radical (unpaired) electrons. The molecule has 1 N–H and O–H groups in total. The van der Waals surface area contributed by atoms with Crippen molar-refractivity contribution < 1.29 is 9.34 Å². The van der Waals surface area contributed by atoms with Crippen molar-refractivity contribution >= 4 is 27.3 Å². The predicted octanol–water partition coefficient (Wildman–Crippen LogP) is 3.87. The van der Waals surface area contributed by atoms with Crippen molar-refractivity contribution in [2.24, 2.45) is 0 Å². The van der Waals surface area contributed by atoms with Gasteiger partial charge in [-0.3, -0.25) is 10.1 Å². The van der Waals surface area contributed by atoms with Gasteiger partial charge in [-0.25, -0.2) is 0 Å². The highest BCUT2D eigenvalue weighted by Gasteiger charge is 2.14. The van der Waals surface area contributed by atoms with Gasteiger partial charge in [0.05, 0.1) is 17.7 Å². The van der Waals surface area contributed by atoms with Crippen LogP contribution in [0.1, 0.15) is 11.3 Å². The third-order valence-corrected chi connectivity index (χ3v) is 3.06. The van der Waals surface area contributed by atoms with Crippen molar-refractivity contribution in [1.29, 1.82) is 0 Å². The zero-order valence-electron chi connectivity index (χ0n) is 9.64. The number of rotatable bonds is 4. The van der Waals surface area contributed by atoms with Crippen molar-refractivity contribution in [3.63, 3.8) is 0 Å². The molecule has 0 aliphatic heterocycles. The first-order valence-corrected chi connectivity index (χ1v) is 6.08. The van der Waals surface area contributed by atoms with E-state index in [0.717, 1.165) is 11.3 Å². The fourth-order valence-electron chi connectivity index (χ4n) is 1.57. The van der Waals surface area contributed by atoms with E-state index < -0.39 is 4.92 Å². The Bertz CT molecular complexity index is 580. The van der Waals surface area contributed by atoms with E-state index in [9.17, 15) is 10.1 Å². The number of furan rings is 1. The van der Waals surface area contributed by atoms with Crippen molar-refractivity contribution in [2.75, 3.05) is 5.32 Å². The number of nitro groups is 1. The second-order valence-corrected chi connectivity index (χ2v) is 4.71. The van der Waals surface area contributed by atoms with Crippen LogP contribution in [0.4, 0.5) is 11.4 Å². The van der Waals surface area contributed by atoms with Gasteiger partial charge in [-0.05, 0) is 30.7 Å². The first kappa shape index (κ1) is 12.6. The number of anilines is 1. The average molecular weight is 311 g/mol. The topological polar surface area (TPSA) is 68.3 Å². The van der Waals surface area contributed by atoms with E-state index in [1.807, 2.05) is 13.0 Å². The van der Waals surface area contributed by atoms with Gasteiger partial charge in [0.1, 0.15) is 11.4 Å². The molecule has 0 amide bonds. The summed E-state index contributed by atoms with van der Waals surface area (Å²) in [6.07, 6.45) is 1.60. The number of halogens is 1. The predicted molar refractivity (Wildman–Crippen MR) is 71.6 cm³/mol. The standard InChI is InChI=1S/C12H11BrN2O3/c1-8-4-5-18-12(8)7-14-10-3-2-9(13)6-11(10)15(16)17/h2-6,14H,7H2,1H3. The van der Waals surface area contributed by atoms with Crippen LogP contribution in [0.25, 0.3) is 0 Å². The minimum atomic E-state index is -0.415. The maximum absolute atomic E-state index is 10.9. The molecule has 0 spiro atoms. The Labute approximate surface area is 112 Å². The minimum Gasteiger partial charge on any atom is -0.467 e. The molecule has 0 saturated heterocycles. The Morgan fingerprint density at radius 3 is 2.83 bits per heavy atom. The quantitative estimate of drug-likeness (QED) is 0.687. The van der Waals surface area contributed by atoms with Crippen LogP contribution >= 0.6 is 15.9 Å². The molecule has 0 unspecified atom stereocenters. The molecule has 0 atom stereocenters. The summed E-state index contributed by atoms with van der Waals surface area (Å²) in [4.78, 5) is 10.5. The molecule has 1 aromatic carbocycles. The van der Waals surface area contributed by atoms with E-state index in [1.54, 1.807) is 18.4 Å².